The topological polar surface area (TPSA) is 78.7 Å². The fourth-order valence-electron chi connectivity index (χ4n) is 2.47. The first kappa shape index (κ1) is 15.7. The molecule has 3 rings (SSSR count). The Morgan fingerprint density at radius 3 is 2.75 bits per heavy atom. The standard InChI is InChI=1S/C18H15NO5/c1-2-13-5-3-12(9-15(13)19(21)22)4-7-16(20)14-6-8-17-18(10-14)24-11-23-17/h3-10H,2,11H2,1H3/b7-4+. The van der Waals surface area contributed by atoms with Crippen molar-refractivity contribution >= 4 is 17.5 Å². The number of carbonyl (C=O) groups excluding carboxylic acids is 1. The van der Waals surface area contributed by atoms with Crippen molar-refractivity contribution in [3.8, 4) is 11.5 Å². The van der Waals surface area contributed by atoms with Gasteiger partial charge in [0.2, 0.25) is 6.79 Å². The van der Waals surface area contributed by atoms with Crippen molar-refractivity contribution in [3.05, 3.63) is 69.3 Å². The third kappa shape index (κ3) is 3.12. The van der Waals surface area contributed by atoms with E-state index in [-0.39, 0.29) is 18.3 Å². The van der Waals surface area contributed by atoms with Crippen LogP contribution in [0.15, 0.2) is 42.5 Å². The Bertz CT molecular complexity index is 841. The van der Waals surface area contributed by atoms with E-state index < -0.39 is 4.92 Å². The number of hydrogen-bond acceptors (Lipinski definition) is 5. The number of ketones is 1. The number of benzene rings is 2. The SMILES string of the molecule is CCc1ccc(/C=C/C(=O)c2ccc3c(c2)OCO3)cc1[N+](=O)[O-]. The Hall–Kier alpha value is -3.15. The van der Waals surface area contributed by atoms with Gasteiger partial charge in [0.15, 0.2) is 17.3 Å². The van der Waals surface area contributed by atoms with Gasteiger partial charge >= 0.3 is 0 Å². The molecule has 2 aromatic rings. The molecule has 122 valence electrons. The minimum atomic E-state index is -0.407. The van der Waals surface area contributed by atoms with Crippen LogP contribution in [0.3, 0.4) is 0 Å². The van der Waals surface area contributed by atoms with Gasteiger partial charge in [0.05, 0.1) is 4.92 Å². The number of fused-ring (bicyclic) bond motifs is 1. The van der Waals surface area contributed by atoms with Gasteiger partial charge in [-0.1, -0.05) is 25.1 Å². The van der Waals surface area contributed by atoms with Crippen molar-refractivity contribution in [2.45, 2.75) is 13.3 Å². The van der Waals surface area contributed by atoms with Crippen LogP contribution in [0.1, 0.15) is 28.4 Å². The van der Waals surface area contributed by atoms with E-state index in [1.165, 1.54) is 12.1 Å². The van der Waals surface area contributed by atoms with E-state index in [0.29, 0.717) is 34.6 Å². The van der Waals surface area contributed by atoms with E-state index in [4.69, 9.17) is 9.47 Å². The number of nitrogens with zero attached hydrogens (tertiary/aromatic N) is 1. The summed E-state index contributed by atoms with van der Waals surface area (Å²) in [6.07, 6.45) is 3.54. The molecule has 0 aliphatic carbocycles. The van der Waals surface area contributed by atoms with E-state index in [0.717, 1.165) is 0 Å². The lowest BCUT2D eigenvalue weighted by Crippen LogP contribution is -1.96. The van der Waals surface area contributed by atoms with Crippen molar-refractivity contribution in [2.24, 2.45) is 0 Å². The Kier molecular flexibility index (Phi) is 4.29. The molecule has 0 unspecified atom stereocenters. The summed E-state index contributed by atoms with van der Waals surface area (Å²) in [6.45, 7) is 2.01. The molecule has 0 saturated heterocycles. The largest absolute Gasteiger partial charge is 0.454 e. The predicted molar refractivity (Wildman–Crippen MR) is 88.4 cm³/mol. The van der Waals surface area contributed by atoms with E-state index in [1.54, 1.807) is 36.4 Å². The lowest BCUT2D eigenvalue weighted by atomic mass is 10.1. The van der Waals surface area contributed by atoms with Crippen LogP contribution in [-0.4, -0.2) is 17.5 Å². The van der Waals surface area contributed by atoms with Crippen LogP contribution in [-0.2, 0) is 6.42 Å². The van der Waals surface area contributed by atoms with Crippen molar-refractivity contribution in [2.75, 3.05) is 6.79 Å². The van der Waals surface area contributed by atoms with Crippen LogP contribution < -0.4 is 9.47 Å². The highest BCUT2D eigenvalue weighted by Crippen LogP contribution is 2.32. The molecule has 1 aliphatic rings. The van der Waals surface area contributed by atoms with Gasteiger partial charge in [0.25, 0.3) is 5.69 Å². The molecule has 0 aromatic heterocycles. The molecule has 0 radical (unpaired) electrons. The molecule has 2 aromatic carbocycles. The molecule has 1 heterocycles. The zero-order valence-electron chi connectivity index (χ0n) is 13.0. The highest BCUT2D eigenvalue weighted by Gasteiger charge is 2.15. The second-order valence-corrected chi connectivity index (χ2v) is 5.26. The number of carbonyl (C=O) groups is 1. The third-order valence-corrected chi connectivity index (χ3v) is 3.77. The summed E-state index contributed by atoms with van der Waals surface area (Å²) in [7, 11) is 0. The predicted octanol–water partition coefficient (Wildman–Crippen LogP) is 3.78. The average molecular weight is 325 g/mol. The normalized spacial score (nSPS) is 12.5. The van der Waals surface area contributed by atoms with E-state index in [9.17, 15) is 14.9 Å². The molecular formula is C18H15NO5. The molecular weight excluding hydrogens is 310 g/mol. The van der Waals surface area contributed by atoms with Crippen LogP contribution >= 0.6 is 0 Å². The number of nitro groups is 1. The van der Waals surface area contributed by atoms with Crippen LogP contribution in [0.5, 0.6) is 11.5 Å². The van der Waals surface area contributed by atoms with Crippen LogP contribution in [0, 0.1) is 10.1 Å². The van der Waals surface area contributed by atoms with Gasteiger partial charge in [-0.25, -0.2) is 0 Å². The van der Waals surface area contributed by atoms with Crippen LogP contribution in [0.25, 0.3) is 6.08 Å². The monoisotopic (exact) mass is 325 g/mol. The van der Waals surface area contributed by atoms with Gasteiger partial charge in [-0.15, -0.1) is 0 Å². The number of hydrogen-bond donors (Lipinski definition) is 0. The van der Waals surface area contributed by atoms with Gasteiger partial charge in [-0.05, 0) is 36.3 Å². The average Bonchev–Trinajstić information content (AvgIpc) is 3.06. The number of rotatable bonds is 5. The molecule has 0 fully saturated rings. The molecule has 0 amide bonds. The van der Waals surface area contributed by atoms with Crippen LogP contribution in [0.2, 0.25) is 0 Å². The van der Waals surface area contributed by atoms with Crippen molar-refractivity contribution < 1.29 is 19.2 Å². The minimum absolute atomic E-state index is 0.0650. The summed E-state index contributed by atoms with van der Waals surface area (Å²) in [5.74, 6) is 0.939. The van der Waals surface area contributed by atoms with Gasteiger partial charge in [0.1, 0.15) is 0 Å². The van der Waals surface area contributed by atoms with Gasteiger partial charge in [-0.2, -0.15) is 0 Å². The summed E-state index contributed by atoms with van der Waals surface area (Å²) in [5, 5.41) is 11.1. The molecule has 0 saturated carbocycles. The number of allylic oxidation sites excluding steroid dienone is 1. The summed E-state index contributed by atoms with van der Waals surface area (Å²) >= 11 is 0. The zero-order chi connectivity index (χ0) is 17.1. The van der Waals surface area contributed by atoms with Gasteiger partial charge in [0, 0.05) is 17.2 Å². The molecule has 0 bridgehead atoms. The van der Waals surface area contributed by atoms with Crippen molar-refractivity contribution in [1.29, 1.82) is 0 Å². The molecule has 0 N–H and O–H groups in total. The molecule has 0 atom stereocenters. The summed E-state index contributed by atoms with van der Waals surface area (Å²) in [6, 6.07) is 9.91. The number of ether oxygens (including phenoxy) is 2. The maximum atomic E-state index is 12.2. The summed E-state index contributed by atoms with van der Waals surface area (Å²) in [4.78, 5) is 22.9. The van der Waals surface area contributed by atoms with Crippen molar-refractivity contribution in [3.63, 3.8) is 0 Å². The maximum Gasteiger partial charge on any atom is 0.273 e. The second-order valence-electron chi connectivity index (χ2n) is 5.26. The Morgan fingerprint density at radius 2 is 2.00 bits per heavy atom. The Balaban J connectivity index is 1.81. The zero-order valence-corrected chi connectivity index (χ0v) is 13.0. The lowest BCUT2D eigenvalue weighted by molar-refractivity contribution is -0.385. The molecule has 6 heteroatoms. The summed E-state index contributed by atoms with van der Waals surface area (Å²) < 4.78 is 10.5. The fraction of sp³-hybridized carbons (Fsp3) is 0.167. The van der Waals surface area contributed by atoms with Gasteiger partial charge < -0.3 is 9.47 Å². The number of nitro benzene ring substituents is 1. The minimum Gasteiger partial charge on any atom is -0.454 e. The van der Waals surface area contributed by atoms with E-state index >= 15 is 0 Å². The van der Waals surface area contributed by atoms with E-state index in [1.807, 2.05) is 6.92 Å². The van der Waals surface area contributed by atoms with E-state index in [2.05, 4.69) is 0 Å². The maximum absolute atomic E-state index is 12.2. The Morgan fingerprint density at radius 1 is 1.21 bits per heavy atom. The molecule has 24 heavy (non-hydrogen) atoms. The molecule has 0 spiro atoms. The van der Waals surface area contributed by atoms with Crippen LogP contribution in [0.4, 0.5) is 5.69 Å². The highest BCUT2D eigenvalue weighted by molar-refractivity contribution is 6.07. The van der Waals surface area contributed by atoms with Gasteiger partial charge in [-0.3, -0.25) is 14.9 Å². The third-order valence-electron chi connectivity index (χ3n) is 3.77. The molecule has 6 nitrogen and oxygen atoms in total. The first-order valence-electron chi connectivity index (χ1n) is 7.48. The first-order chi connectivity index (χ1) is 11.6. The van der Waals surface area contributed by atoms with Crippen molar-refractivity contribution in [1.82, 2.24) is 0 Å². The molecule has 1 aliphatic heterocycles. The first-order valence-corrected chi connectivity index (χ1v) is 7.48. The Labute approximate surface area is 138 Å². The highest BCUT2D eigenvalue weighted by atomic mass is 16.7. The lowest BCUT2D eigenvalue weighted by Gasteiger charge is -2.01. The fourth-order valence-corrected chi connectivity index (χ4v) is 2.47. The quantitative estimate of drug-likeness (QED) is 0.362. The smallest absolute Gasteiger partial charge is 0.273 e. The number of aryl methyl sites for hydroxylation is 1. The summed E-state index contributed by atoms with van der Waals surface area (Å²) in [5.41, 5.74) is 1.80. The second kappa shape index (κ2) is 6.54.